The van der Waals surface area contributed by atoms with Crippen molar-refractivity contribution in [3.8, 4) is 0 Å². The Hall–Kier alpha value is -1.10. The zero-order chi connectivity index (χ0) is 11.4. The van der Waals surface area contributed by atoms with E-state index in [9.17, 15) is 9.59 Å². The normalized spacial score (nSPS) is 23.3. The van der Waals surface area contributed by atoms with Gasteiger partial charge in [0.1, 0.15) is 6.42 Å². The third-order valence-corrected chi connectivity index (χ3v) is 2.72. The van der Waals surface area contributed by atoms with Crippen molar-refractivity contribution in [1.82, 2.24) is 9.80 Å². The fraction of sp³-hybridized carbons (Fsp3) is 0.800. The van der Waals surface area contributed by atoms with Crippen LogP contribution in [-0.2, 0) is 9.59 Å². The Morgan fingerprint density at radius 3 is 2.67 bits per heavy atom. The SMILES string of the molecule is CC1CN(C)C(=O)CC(=O)N1CCCN. The Morgan fingerprint density at radius 1 is 1.40 bits per heavy atom. The first-order chi connectivity index (χ1) is 7.06. The second-order valence-electron chi connectivity index (χ2n) is 4.03. The van der Waals surface area contributed by atoms with Gasteiger partial charge in [-0.15, -0.1) is 0 Å². The van der Waals surface area contributed by atoms with Gasteiger partial charge < -0.3 is 15.5 Å². The average molecular weight is 213 g/mol. The summed E-state index contributed by atoms with van der Waals surface area (Å²) in [6.07, 6.45) is 0.777. The van der Waals surface area contributed by atoms with Crippen molar-refractivity contribution in [3.05, 3.63) is 0 Å². The number of likely N-dealkylation sites (N-methyl/N-ethyl adjacent to an activating group) is 1. The average Bonchev–Trinajstić information content (AvgIpc) is 2.25. The molecule has 1 atom stereocenters. The van der Waals surface area contributed by atoms with Crippen LogP contribution >= 0.6 is 0 Å². The molecule has 1 rings (SSSR count). The van der Waals surface area contributed by atoms with E-state index in [0.717, 1.165) is 6.42 Å². The quantitative estimate of drug-likeness (QED) is 0.637. The molecule has 2 N–H and O–H groups in total. The summed E-state index contributed by atoms with van der Waals surface area (Å²) >= 11 is 0. The van der Waals surface area contributed by atoms with Crippen molar-refractivity contribution < 1.29 is 9.59 Å². The molecule has 0 aromatic heterocycles. The molecule has 0 aromatic carbocycles. The molecule has 15 heavy (non-hydrogen) atoms. The van der Waals surface area contributed by atoms with E-state index in [1.165, 1.54) is 0 Å². The van der Waals surface area contributed by atoms with Gasteiger partial charge in [0.15, 0.2) is 0 Å². The van der Waals surface area contributed by atoms with Crippen LogP contribution in [0.15, 0.2) is 0 Å². The Bertz CT molecular complexity index is 255. The summed E-state index contributed by atoms with van der Waals surface area (Å²) < 4.78 is 0. The maximum Gasteiger partial charge on any atom is 0.232 e. The Kier molecular flexibility index (Phi) is 4.08. The van der Waals surface area contributed by atoms with Gasteiger partial charge in [0, 0.05) is 26.2 Å². The van der Waals surface area contributed by atoms with Gasteiger partial charge in [-0.25, -0.2) is 0 Å². The minimum atomic E-state index is -0.0953. The lowest BCUT2D eigenvalue weighted by Crippen LogP contribution is -2.41. The maximum absolute atomic E-state index is 11.7. The van der Waals surface area contributed by atoms with E-state index < -0.39 is 0 Å². The number of nitrogens with zero attached hydrogens (tertiary/aromatic N) is 2. The highest BCUT2D eigenvalue weighted by Crippen LogP contribution is 2.11. The minimum absolute atomic E-state index is 0.00852. The Balaban J connectivity index is 2.68. The third-order valence-electron chi connectivity index (χ3n) is 2.72. The van der Waals surface area contributed by atoms with Crippen molar-refractivity contribution in [2.75, 3.05) is 26.7 Å². The highest BCUT2D eigenvalue weighted by atomic mass is 16.2. The Labute approximate surface area is 90.2 Å². The van der Waals surface area contributed by atoms with Crippen molar-refractivity contribution in [3.63, 3.8) is 0 Å². The van der Waals surface area contributed by atoms with E-state index in [-0.39, 0.29) is 24.3 Å². The molecular weight excluding hydrogens is 194 g/mol. The fourth-order valence-electron chi connectivity index (χ4n) is 1.82. The zero-order valence-electron chi connectivity index (χ0n) is 9.40. The first kappa shape index (κ1) is 12.0. The largest absolute Gasteiger partial charge is 0.343 e. The van der Waals surface area contributed by atoms with Crippen LogP contribution in [0.4, 0.5) is 0 Å². The molecule has 0 radical (unpaired) electrons. The number of carbonyl (C=O) groups excluding carboxylic acids is 2. The van der Waals surface area contributed by atoms with E-state index in [1.54, 1.807) is 16.8 Å². The van der Waals surface area contributed by atoms with Gasteiger partial charge >= 0.3 is 0 Å². The van der Waals surface area contributed by atoms with Gasteiger partial charge in [0.2, 0.25) is 11.8 Å². The van der Waals surface area contributed by atoms with Crippen LogP contribution < -0.4 is 5.73 Å². The molecule has 0 spiro atoms. The number of hydrogen-bond donors (Lipinski definition) is 1. The van der Waals surface area contributed by atoms with E-state index in [2.05, 4.69) is 0 Å². The second kappa shape index (κ2) is 5.11. The molecule has 0 aliphatic carbocycles. The molecule has 0 saturated carbocycles. The number of carbonyl (C=O) groups is 2. The number of rotatable bonds is 3. The predicted octanol–water partition coefficient (Wildman–Crippen LogP) is -0.586. The summed E-state index contributed by atoms with van der Waals surface area (Å²) in [6.45, 7) is 3.79. The zero-order valence-corrected chi connectivity index (χ0v) is 9.40. The van der Waals surface area contributed by atoms with Crippen LogP contribution in [0.1, 0.15) is 19.8 Å². The van der Waals surface area contributed by atoms with Crippen LogP contribution in [0, 0.1) is 0 Å². The van der Waals surface area contributed by atoms with Gasteiger partial charge in [-0.3, -0.25) is 9.59 Å². The molecule has 1 heterocycles. The highest BCUT2D eigenvalue weighted by molar-refractivity contribution is 5.97. The first-order valence-corrected chi connectivity index (χ1v) is 5.29. The fourth-order valence-corrected chi connectivity index (χ4v) is 1.82. The molecule has 1 aliphatic heterocycles. The number of amides is 2. The molecule has 0 aromatic rings. The lowest BCUT2D eigenvalue weighted by atomic mass is 10.2. The summed E-state index contributed by atoms with van der Waals surface area (Å²) in [7, 11) is 1.73. The van der Waals surface area contributed by atoms with E-state index in [0.29, 0.717) is 19.6 Å². The number of nitrogens with two attached hydrogens (primary N) is 1. The van der Waals surface area contributed by atoms with Gasteiger partial charge in [0.25, 0.3) is 0 Å². The standard InChI is InChI=1S/C10H19N3O2/c1-8-7-12(2)9(14)6-10(15)13(8)5-3-4-11/h8H,3-7,11H2,1-2H3. The molecule has 5 heteroatoms. The molecule has 0 bridgehead atoms. The van der Waals surface area contributed by atoms with Gasteiger partial charge in [0.05, 0.1) is 0 Å². The molecule has 5 nitrogen and oxygen atoms in total. The monoisotopic (exact) mass is 213 g/mol. The summed E-state index contributed by atoms with van der Waals surface area (Å²) in [6, 6.07) is 0.0838. The minimum Gasteiger partial charge on any atom is -0.343 e. The molecule has 1 aliphatic rings. The Morgan fingerprint density at radius 2 is 2.07 bits per heavy atom. The van der Waals surface area contributed by atoms with Gasteiger partial charge in [-0.1, -0.05) is 0 Å². The summed E-state index contributed by atoms with van der Waals surface area (Å²) in [5.41, 5.74) is 5.41. The molecule has 1 unspecified atom stereocenters. The summed E-state index contributed by atoms with van der Waals surface area (Å²) in [5, 5.41) is 0. The van der Waals surface area contributed by atoms with E-state index in [4.69, 9.17) is 5.73 Å². The van der Waals surface area contributed by atoms with Crippen molar-refractivity contribution in [2.24, 2.45) is 5.73 Å². The van der Waals surface area contributed by atoms with Crippen LogP contribution in [-0.4, -0.2) is 54.3 Å². The van der Waals surface area contributed by atoms with E-state index in [1.807, 2.05) is 6.92 Å². The predicted molar refractivity (Wildman–Crippen MR) is 57.1 cm³/mol. The molecule has 86 valence electrons. The topological polar surface area (TPSA) is 66.6 Å². The van der Waals surface area contributed by atoms with Crippen LogP contribution in [0.2, 0.25) is 0 Å². The van der Waals surface area contributed by atoms with Gasteiger partial charge in [-0.05, 0) is 19.9 Å². The molecule has 2 amide bonds. The lowest BCUT2D eigenvalue weighted by Gasteiger charge is -2.27. The summed E-state index contributed by atoms with van der Waals surface area (Å²) in [5.74, 6) is -0.174. The summed E-state index contributed by atoms with van der Waals surface area (Å²) in [4.78, 5) is 26.5. The van der Waals surface area contributed by atoms with Crippen molar-refractivity contribution in [1.29, 1.82) is 0 Å². The molecule has 1 saturated heterocycles. The highest BCUT2D eigenvalue weighted by Gasteiger charge is 2.28. The lowest BCUT2D eigenvalue weighted by molar-refractivity contribution is -0.137. The van der Waals surface area contributed by atoms with Crippen LogP contribution in [0.3, 0.4) is 0 Å². The van der Waals surface area contributed by atoms with Crippen LogP contribution in [0.25, 0.3) is 0 Å². The maximum atomic E-state index is 11.7. The van der Waals surface area contributed by atoms with Crippen molar-refractivity contribution in [2.45, 2.75) is 25.8 Å². The van der Waals surface area contributed by atoms with Gasteiger partial charge in [-0.2, -0.15) is 0 Å². The van der Waals surface area contributed by atoms with E-state index >= 15 is 0 Å². The molecular formula is C10H19N3O2. The smallest absolute Gasteiger partial charge is 0.232 e. The number of hydrogen-bond acceptors (Lipinski definition) is 3. The van der Waals surface area contributed by atoms with Crippen molar-refractivity contribution >= 4 is 11.8 Å². The van der Waals surface area contributed by atoms with Crippen LogP contribution in [0.5, 0.6) is 0 Å². The first-order valence-electron chi connectivity index (χ1n) is 5.29. The second-order valence-corrected chi connectivity index (χ2v) is 4.03. The molecule has 1 fully saturated rings. The third kappa shape index (κ3) is 2.92.